The fourth-order valence-corrected chi connectivity index (χ4v) is 4.34. The lowest BCUT2D eigenvalue weighted by Crippen LogP contribution is -2.45. The average Bonchev–Trinajstić information content (AvgIpc) is 3.60. The van der Waals surface area contributed by atoms with E-state index in [-0.39, 0.29) is 12.7 Å². The Bertz CT molecular complexity index is 1610. The maximum atomic E-state index is 9.21. The molecule has 190 valence electrons. The van der Waals surface area contributed by atoms with E-state index >= 15 is 0 Å². The summed E-state index contributed by atoms with van der Waals surface area (Å²) in [5.41, 5.74) is 4.73. The summed E-state index contributed by atoms with van der Waals surface area (Å²) in [6, 6.07) is 9.38. The van der Waals surface area contributed by atoms with E-state index < -0.39 is 0 Å². The van der Waals surface area contributed by atoms with E-state index in [1.807, 2.05) is 18.3 Å². The SMILES string of the molecule is N#Cc1cccc(-c2cnc3nnn(CC4CN(c5ncc(-c6cnn(CCO)c6)cn5)CCO4)c3n2)c1. The van der Waals surface area contributed by atoms with Gasteiger partial charge in [0.1, 0.15) is 0 Å². The Hall–Kier alpha value is -4.80. The van der Waals surface area contributed by atoms with Gasteiger partial charge in [-0.05, 0) is 12.1 Å². The van der Waals surface area contributed by atoms with E-state index in [1.54, 1.807) is 46.3 Å². The van der Waals surface area contributed by atoms with Crippen LogP contribution >= 0.6 is 0 Å². The first-order valence-corrected chi connectivity index (χ1v) is 12.1. The number of morpholine rings is 1. The zero-order chi connectivity index (χ0) is 25.9. The van der Waals surface area contributed by atoms with Crippen molar-refractivity contribution >= 4 is 17.2 Å². The Labute approximate surface area is 217 Å². The van der Waals surface area contributed by atoms with Crippen molar-refractivity contribution in [3.63, 3.8) is 0 Å². The van der Waals surface area contributed by atoms with Gasteiger partial charge in [-0.25, -0.2) is 24.6 Å². The van der Waals surface area contributed by atoms with Crippen LogP contribution in [0.15, 0.2) is 55.2 Å². The topological polar surface area (TPSA) is 157 Å². The Morgan fingerprint density at radius 3 is 2.82 bits per heavy atom. The van der Waals surface area contributed by atoms with Crippen LogP contribution in [0.2, 0.25) is 0 Å². The molecule has 1 saturated heterocycles. The van der Waals surface area contributed by atoms with Crippen LogP contribution < -0.4 is 4.90 Å². The summed E-state index contributed by atoms with van der Waals surface area (Å²) >= 11 is 0. The monoisotopic (exact) mass is 509 g/mol. The van der Waals surface area contributed by atoms with Gasteiger partial charge in [-0.3, -0.25) is 4.68 Å². The second-order valence-electron chi connectivity index (χ2n) is 8.79. The van der Waals surface area contributed by atoms with Gasteiger partial charge in [0, 0.05) is 48.4 Å². The molecular weight excluding hydrogens is 486 g/mol. The summed E-state index contributed by atoms with van der Waals surface area (Å²) < 4.78 is 9.39. The van der Waals surface area contributed by atoms with Gasteiger partial charge in [-0.1, -0.05) is 17.3 Å². The molecule has 1 atom stereocenters. The predicted molar refractivity (Wildman–Crippen MR) is 136 cm³/mol. The molecule has 0 spiro atoms. The fraction of sp³-hybridized carbons (Fsp3) is 0.280. The van der Waals surface area contributed by atoms with Crippen molar-refractivity contribution in [1.29, 1.82) is 5.26 Å². The first-order valence-electron chi connectivity index (χ1n) is 12.1. The number of anilines is 1. The molecule has 0 aliphatic carbocycles. The van der Waals surface area contributed by atoms with E-state index in [9.17, 15) is 5.26 Å². The molecule has 4 aromatic heterocycles. The highest BCUT2D eigenvalue weighted by Gasteiger charge is 2.24. The molecule has 1 aliphatic heterocycles. The average molecular weight is 510 g/mol. The molecule has 5 heterocycles. The highest BCUT2D eigenvalue weighted by atomic mass is 16.5. The maximum absolute atomic E-state index is 9.21. The quantitative estimate of drug-likeness (QED) is 0.337. The number of aromatic nitrogens is 9. The number of aliphatic hydroxyl groups excluding tert-OH is 1. The lowest BCUT2D eigenvalue weighted by molar-refractivity contribution is 0.0273. The Kier molecular flexibility index (Phi) is 6.39. The fourth-order valence-electron chi connectivity index (χ4n) is 4.34. The van der Waals surface area contributed by atoms with E-state index in [4.69, 9.17) is 14.8 Å². The van der Waals surface area contributed by atoms with E-state index in [1.165, 1.54) is 0 Å². The van der Waals surface area contributed by atoms with Crippen LogP contribution in [0, 0.1) is 11.3 Å². The standard InChI is InChI=1S/C25H23N11O2/c26-9-17-2-1-3-18(8-17)22-13-27-23-24(31-22)36(33-32-23)16-21-15-34(5-7-38-21)25-28-10-19(11-29-25)20-12-30-35(14-20)4-6-37/h1-3,8,10-14,21,37H,4-7,15-16H2. The van der Waals surface area contributed by atoms with Crippen molar-refractivity contribution in [3.8, 4) is 28.5 Å². The summed E-state index contributed by atoms with van der Waals surface area (Å²) in [4.78, 5) is 20.3. The van der Waals surface area contributed by atoms with Gasteiger partial charge >= 0.3 is 0 Å². The van der Waals surface area contributed by atoms with Crippen LogP contribution in [0.25, 0.3) is 33.7 Å². The molecule has 1 aromatic carbocycles. The first-order chi connectivity index (χ1) is 18.7. The smallest absolute Gasteiger partial charge is 0.225 e. The first kappa shape index (κ1) is 23.6. The highest BCUT2D eigenvalue weighted by Crippen LogP contribution is 2.22. The predicted octanol–water partition coefficient (Wildman–Crippen LogP) is 1.31. The highest BCUT2D eigenvalue weighted by molar-refractivity contribution is 5.70. The van der Waals surface area contributed by atoms with Crippen LogP contribution in [0.4, 0.5) is 5.95 Å². The molecule has 0 saturated carbocycles. The number of aliphatic hydroxyl groups is 1. The molecule has 1 aliphatic rings. The van der Waals surface area contributed by atoms with Crippen molar-refractivity contribution in [1.82, 2.24) is 44.7 Å². The van der Waals surface area contributed by atoms with Crippen LogP contribution in [0.1, 0.15) is 5.56 Å². The number of nitrogens with zero attached hydrogens (tertiary/aromatic N) is 11. The minimum atomic E-state index is -0.180. The van der Waals surface area contributed by atoms with Crippen LogP contribution in [0.5, 0.6) is 0 Å². The molecule has 6 rings (SSSR count). The normalized spacial score (nSPS) is 15.6. The summed E-state index contributed by atoms with van der Waals surface area (Å²) in [7, 11) is 0. The molecule has 13 nitrogen and oxygen atoms in total. The zero-order valence-corrected chi connectivity index (χ0v) is 20.3. The summed E-state index contributed by atoms with van der Waals surface area (Å²) in [5.74, 6) is 0.618. The minimum absolute atomic E-state index is 0.0308. The molecule has 5 aromatic rings. The third-order valence-corrected chi connectivity index (χ3v) is 6.25. The van der Waals surface area contributed by atoms with Crippen molar-refractivity contribution in [2.45, 2.75) is 19.2 Å². The van der Waals surface area contributed by atoms with Crippen LogP contribution in [0.3, 0.4) is 0 Å². The number of fused-ring (bicyclic) bond motifs is 1. The molecule has 0 amide bonds. The van der Waals surface area contributed by atoms with Gasteiger partial charge in [0.15, 0.2) is 5.65 Å². The molecule has 0 bridgehead atoms. The molecular formula is C25H23N11O2. The van der Waals surface area contributed by atoms with E-state index in [0.29, 0.717) is 61.3 Å². The maximum Gasteiger partial charge on any atom is 0.225 e. The number of hydrogen-bond acceptors (Lipinski definition) is 11. The van der Waals surface area contributed by atoms with Gasteiger partial charge in [0.05, 0.1) is 62.1 Å². The number of ether oxygens (including phenoxy) is 1. The number of rotatable bonds is 7. The van der Waals surface area contributed by atoms with Gasteiger partial charge in [0.2, 0.25) is 11.6 Å². The molecule has 1 N–H and O–H groups in total. The van der Waals surface area contributed by atoms with Crippen molar-refractivity contribution in [3.05, 3.63) is 60.8 Å². The molecule has 1 fully saturated rings. The lowest BCUT2D eigenvalue weighted by atomic mass is 10.1. The second-order valence-corrected chi connectivity index (χ2v) is 8.79. The number of hydrogen-bond donors (Lipinski definition) is 1. The van der Waals surface area contributed by atoms with Gasteiger partial charge in [-0.2, -0.15) is 10.4 Å². The van der Waals surface area contributed by atoms with E-state index in [0.717, 1.165) is 16.7 Å². The minimum Gasteiger partial charge on any atom is -0.394 e. The summed E-state index contributed by atoms with van der Waals surface area (Å²) in [5, 5.41) is 30.9. The van der Waals surface area contributed by atoms with Crippen LogP contribution in [-0.2, 0) is 17.8 Å². The zero-order valence-electron chi connectivity index (χ0n) is 20.3. The summed E-state index contributed by atoms with van der Waals surface area (Å²) in [6.45, 7) is 2.67. The molecule has 13 heteroatoms. The third-order valence-electron chi connectivity index (χ3n) is 6.25. The second kappa shape index (κ2) is 10.3. The molecule has 1 unspecified atom stereocenters. The Morgan fingerprint density at radius 1 is 1.08 bits per heavy atom. The van der Waals surface area contributed by atoms with E-state index in [2.05, 4.69) is 41.3 Å². The van der Waals surface area contributed by atoms with Crippen LogP contribution in [-0.4, -0.2) is 82.2 Å². The Balaban J connectivity index is 1.17. The summed E-state index contributed by atoms with van der Waals surface area (Å²) in [6.07, 6.45) is 8.59. The van der Waals surface area contributed by atoms with Gasteiger partial charge in [0.25, 0.3) is 0 Å². The van der Waals surface area contributed by atoms with Crippen molar-refractivity contribution in [2.75, 3.05) is 31.2 Å². The van der Waals surface area contributed by atoms with Gasteiger partial charge in [-0.15, -0.1) is 5.10 Å². The lowest BCUT2D eigenvalue weighted by Gasteiger charge is -2.32. The number of nitriles is 1. The molecule has 38 heavy (non-hydrogen) atoms. The largest absolute Gasteiger partial charge is 0.394 e. The Morgan fingerprint density at radius 2 is 1.97 bits per heavy atom. The van der Waals surface area contributed by atoms with Crippen molar-refractivity contribution < 1.29 is 9.84 Å². The van der Waals surface area contributed by atoms with Gasteiger partial charge < -0.3 is 14.7 Å². The molecule has 0 radical (unpaired) electrons. The number of benzene rings is 1. The van der Waals surface area contributed by atoms with Crippen molar-refractivity contribution in [2.24, 2.45) is 0 Å². The third kappa shape index (κ3) is 4.77.